The van der Waals surface area contributed by atoms with Crippen LogP contribution in [-0.2, 0) is 0 Å². The van der Waals surface area contributed by atoms with Gasteiger partial charge >= 0.3 is 60.0 Å². The van der Waals surface area contributed by atoms with Crippen LogP contribution < -0.4 is 0 Å². The summed E-state index contributed by atoms with van der Waals surface area (Å²) in [6.45, 7) is 0. The summed E-state index contributed by atoms with van der Waals surface area (Å²) in [6, 6.07) is -8.44. The molecule has 1 nitrogen and oxygen atoms in total. The third-order valence-corrected chi connectivity index (χ3v) is 3.57. The molecule has 0 spiro atoms. The molecule has 0 aliphatic rings. The Morgan fingerprint density at radius 3 is 0.706 bits per heavy atom. The highest BCUT2D eigenvalue weighted by Crippen LogP contribution is 2.65. The molecule has 24 heteroatoms. The molecule has 0 aromatic heterocycles. The van der Waals surface area contributed by atoms with Crippen LogP contribution in [0.5, 0.6) is 0 Å². The Morgan fingerprint density at radius 2 is 0.500 bits per heavy atom. The summed E-state index contributed by atoms with van der Waals surface area (Å²) >= 11 is 0. The van der Waals surface area contributed by atoms with Crippen LogP contribution in [0.1, 0.15) is 0 Å². The minimum Gasteiger partial charge on any atom is -0.192 e. The van der Waals surface area contributed by atoms with Crippen LogP contribution in [0.15, 0.2) is 0 Å². The maximum atomic E-state index is 13.2. The van der Waals surface area contributed by atoms with Gasteiger partial charge in [-0.25, -0.2) is 0 Å². The Balaban J connectivity index is 7.01. The molecule has 0 N–H and O–H groups in total. The van der Waals surface area contributed by atoms with E-state index < -0.39 is 65.1 Å². The summed E-state index contributed by atoms with van der Waals surface area (Å²) in [5.41, 5.74) is 0. The number of hydrogen-bond donors (Lipinski definition) is 0. The summed E-state index contributed by atoms with van der Waals surface area (Å²) < 4.78 is 291. The van der Waals surface area contributed by atoms with E-state index in [1.54, 1.807) is 0 Å². The van der Waals surface area contributed by atoms with Gasteiger partial charge < -0.3 is 0 Å². The van der Waals surface area contributed by atoms with Gasteiger partial charge in [-0.05, 0) is 0 Å². The number of hydrogen-bond acceptors (Lipinski definition) is 1. The number of nitrogens with zero attached hydrogens (tertiary/aromatic N) is 1. The molecule has 0 heterocycles. The Labute approximate surface area is 168 Å². The van der Waals surface area contributed by atoms with E-state index >= 15 is 0 Å². The Kier molecular flexibility index (Phi) is 7.30. The van der Waals surface area contributed by atoms with Crippen LogP contribution in [0.2, 0.25) is 0 Å². The van der Waals surface area contributed by atoms with E-state index in [1.807, 2.05) is 0 Å². The van der Waals surface area contributed by atoms with E-state index in [-0.39, 0.29) is 0 Å². The van der Waals surface area contributed by atoms with E-state index in [9.17, 15) is 101 Å². The molecule has 0 bridgehead atoms. The van der Waals surface area contributed by atoms with Gasteiger partial charge in [-0.1, -0.05) is 0 Å². The minimum absolute atomic E-state index is 4.65. The molecule has 206 valence electrons. The Morgan fingerprint density at radius 1 is 0.294 bits per heavy atom. The molecule has 0 aliphatic heterocycles. The average Bonchev–Trinajstić information content (AvgIpc) is 2.57. The molecule has 0 radical (unpaired) electrons. The van der Waals surface area contributed by atoms with Gasteiger partial charge in [0.25, 0.3) is 0 Å². The molecule has 0 saturated carbocycles. The molecule has 0 aromatic rings. The van der Waals surface area contributed by atoms with E-state index in [0.717, 1.165) is 0 Å². The topological polar surface area (TPSA) is 3.24 Å². The quantitative estimate of drug-likeness (QED) is 0.168. The molecular weight excluding hydrogens is 571 g/mol. The van der Waals surface area contributed by atoms with Gasteiger partial charge in [-0.15, -0.1) is 4.48 Å². The van der Waals surface area contributed by atoms with Crippen molar-refractivity contribution in [3.05, 3.63) is 0 Å². The minimum atomic E-state index is -9.31. The van der Waals surface area contributed by atoms with Crippen molar-refractivity contribution in [2.45, 2.75) is 60.0 Å². The molecule has 34 heavy (non-hydrogen) atoms. The summed E-state index contributed by atoms with van der Waals surface area (Å²) in [5.74, 6) is -63.4. The highest BCUT2D eigenvalue weighted by Gasteiger charge is 2.97. The highest BCUT2D eigenvalue weighted by molar-refractivity contribution is 5.16. The molecule has 0 aromatic carbocycles. The molecular formula is C10F23N. The molecule has 0 unspecified atom stereocenters. The molecule has 0 amide bonds. The number of rotatable bonds is 8. The lowest BCUT2D eigenvalue weighted by molar-refractivity contribution is -0.496. The van der Waals surface area contributed by atoms with Crippen molar-refractivity contribution in [1.82, 2.24) is 5.12 Å². The van der Waals surface area contributed by atoms with E-state index in [0.29, 0.717) is 0 Å². The third-order valence-electron chi connectivity index (χ3n) is 3.57. The van der Waals surface area contributed by atoms with Crippen LogP contribution in [0.25, 0.3) is 0 Å². The second-order valence-electron chi connectivity index (χ2n) is 5.81. The zero-order chi connectivity index (χ0) is 28.6. The van der Waals surface area contributed by atoms with Crippen molar-refractivity contribution >= 4 is 0 Å². The molecule has 0 fully saturated rings. The summed E-state index contributed by atoms with van der Waals surface area (Å²) in [6.07, 6.45) is -15.6. The zero-order valence-corrected chi connectivity index (χ0v) is 14.1. The predicted molar refractivity (Wildman–Crippen MR) is 54.6 cm³/mol. The smallest absolute Gasteiger partial charge is 0.192 e. The van der Waals surface area contributed by atoms with E-state index in [1.165, 1.54) is 0 Å². The molecule has 0 atom stereocenters. The fraction of sp³-hybridized carbons (Fsp3) is 1.00. The van der Waals surface area contributed by atoms with Crippen LogP contribution in [0, 0.1) is 0 Å². The van der Waals surface area contributed by atoms with Gasteiger partial charge in [-0.3, -0.25) is 0 Å². The highest BCUT2D eigenvalue weighted by atomic mass is 19.4. The lowest BCUT2D eigenvalue weighted by Crippen LogP contribution is -2.76. The fourth-order valence-corrected chi connectivity index (χ4v) is 1.64. The third kappa shape index (κ3) is 3.86. The van der Waals surface area contributed by atoms with Crippen molar-refractivity contribution in [3.8, 4) is 0 Å². The molecule has 0 saturated heterocycles. The van der Waals surface area contributed by atoms with Gasteiger partial charge in [0, 0.05) is 5.12 Å². The van der Waals surface area contributed by atoms with Crippen LogP contribution in [0.3, 0.4) is 0 Å². The second-order valence-corrected chi connectivity index (χ2v) is 5.81. The number of halogens is 23. The monoisotopic (exact) mass is 571 g/mol. The van der Waals surface area contributed by atoms with Gasteiger partial charge in [0.2, 0.25) is 0 Å². The normalized spacial score (nSPS) is 16.9. The second kappa shape index (κ2) is 7.67. The van der Waals surface area contributed by atoms with Gasteiger partial charge in [0.05, 0.1) is 0 Å². The average molecular weight is 571 g/mol. The summed E-state index contributed by atoms with van der Waals surface area (Å²) in [7, 11) is 0. The van der Waals surface area contributed by atoms with Crippen molar-refractivity contribution in [1.29, 1.82) is 0 Å². The first-order valence-corrected chi connectivity index (χ1v) is 6.77. The summed E-state index contributed by atoms with van der Waals surface area (Å²) in [4.78, 5) is 0. The summed E-state index contributed by atoms with van der Waals surface area (Å²) in [5, 5.41) is -4.65. The fourth-order valence-electron chi connectivity index (χ4n) is 1.64. The largest absolute Gasteiger partial charge is 0.492 e. The first-order chi connectivity index (χ1) is 14.2. The first-order valence-electron chi connectivity index (χ1n) is 6.77. The van der Waals surface area contributed by atoms with Crippen LogP contribution >= 0.6 is 0 Å². The predicted octanol–water partition coefficient (Wildman–Crippen LogP) is 7.29. The first kappa shape index (κ1) is 32.4. The van der Waals surface area contributed by atoms with E-state index in [2.05, 4.69) is 0 Å². The lowest BCUT2D eigenvalue weighted by Gasteiger charge is -2.44. The van der Waals surface area contributed by atoms with Crippen LogP contribution in [-0.4, -0.2) is 65.1 Å². The molecule has 0 aliphatic carbocycles. The zero-order valence-electron chi connectivity index (χ0n) is 14.1. The van der Waals surface area contributed by atoms with Crippen molar-refractivity contribution in [3.63, 3.8) is 0 Å². The SMILES string of the molecule is FN(C(F)(F)F)C(F)(F)C(F)(F)C(F)(F)C(F)(F)C(F)(F)C(F)(F)C(F)(F)C(F)(F)C(F)(F)F. The van der Waals surface area contributed by atoms with Gasteiger partial charge in [0.1, 0.15) is 0 Å². The lowest BCUT2D eigenvalue weighted by atomic mass is 9.88. The van der Waals surface area contributed by atoms with Gasteiger partial charge in [0.15, 0.2) is 0 Å². The van der Waals surface area contributed by atoms with Crippen molar-refractivity contribution in [2.75, 3.05) is 0 Å². The Hall–Kier alpha value is -1.65. The maximum Gasteiger partial charge on any atom is 0.492 e. The number of alkyl halides is 22. The van der Waals surface area contributed by atoms with Crippen molar-refractivity contribution in [2.24, 2.45) is 0 Å². The van der Waals surface area contributed by atoms with Gasteiger partial charge in [-0.2, -0.15) is 96.6 Å². The standard InChI is InChI=1S/C10F23N/c11-1(12,2(13,14)4(17,18)6(21,22)8(25,26)27)3(15,16)5(19,20)7(23,24)9(28,29)34(33)10(30,31)32. The maximum absolute atomic E-state index is 13.2. The molecule has 0 rings (SSSR count). The van der Waals surface area contributed by atoms with Crippen molar-refractivity contribution < 1.29 is 101 Å². The van der Waals surface area contributed by atoms with Crippen LogP contribution in [0.4, 0.5) is 101 Å². The Bertz CT molecular complexity index is 738. The van der Waals surface area contributed by atoms with E-state index in [4.69, 9.17) is 0 Å².